The quantitative estimate of drug-likeness (QED) is 0.880. The Kier molecular flexibility index (Phi) is 5.61. The Bertz CT molecular complexity index is 580. The molecular weight excluding hydrogens is 332 g/mol. The Hall–Kier alpha value is -1.34. The van der Waals surface area contributed by atoms with Crippen LogP contribution >= 0.6 is 11.6 Å². The lowest BCUT2D eigenvalue weighted by molar-refractivity contribution is -0.185. The number of carbonyl (C=O) groups excluding carboxylic acids is 1. The first-order chi connectivity index (χ1) is 11.6. The molecule has 6 nitrogen and oxygen atoms in total. The number of nitrogens with zero attached hydrogens (tertiary/aromatic N) is 1. The number of anilines is 1. The molecule has 0 unspecified atom stereocenters. The predicted molar refractivity (Wildman–Crippen MR) is 91.6 cm³/mol. The fourth-order valence-electron chi connectivity index (χ4n) is 3.13. The minimum Gasteiger partial charge on any atom is -0.495 e. The number of benzene rings is 1. The van der Waals surface area contributed by atoms with Gasteiger partial charge in [0.2, 0.25) is 5.91 Å². The normalized spacial score (nSPS) is 20.2. The summed E-state index contributed by atoms with van der Waals surface area (Å²) in [6.45, 7) is 3.88. The van der Waals surface area contributed by atoms with E-state index in [4.69, 9.17) is 25.8 Å². The van der Waals surface area contributed by atoms with E-state index in [1.54, 1.807) is 25.3 Å². The molecule has 1 amide bonds. The highest BCUT2D eigenvalue weighted by molar-refractivity contribution is 6.32. The van der Waals surface area contributed by atoms with E-state index in [9.17, 15) is 4.79 Å². The lowest BCUT2D eigenvalue weighted by Gasteiger charge is -2.37. The highest BCUT2D eigenvalue weighted by Crippen LogP contribution is 2.31. The zero-order chi connectivity index (χ0) is 17.0. The maximum absolute atomic E-state index is 12.1. The molecule has 1 aromatic rings. The van der Waals surface area contributed by atoms with Gasteiger partial charge in [-0.2, -0.15) is 0 Å². The van der Waals surface area contributed by atoms with Gasteiger partial charge in [-0.3, -0.25) is 4.79 Å². The van der Waals surface area contributed by atoms with E-state index in [1.807, 2.05) is 0 Å². The molecule has 0 saturated carbocycles. The summed E-state index contributed by atoms with van der Waals surface area (Å²) < 4.78 is 16.5. The molecule has 2 aliphatic heterocycles. The van der Waals surface area contributed by atoms with Gasteiger partial charge in [0.15, 0.2) is 5.79 Å². The maximum Gasteiger partial charge on any atom is 0.225 e. The number of piperidine rings is 1. The summed E-state index contributed by atoms with van der Waals surface area (Å²) in [6.07, 6.45) is 2.17. The van der Waals surface area contributed by atoms with Crippen LogP contribution in [-0.4, -0.2) is 56.6 Å². The first kappa shape index (κ1) is 17.5. The van der Waals surface area contributed by atoms with Crippen molar-refractivity contribution in [1.82, 2.24) is 4.90 Å². The number of hydrogen-bond donors (Lipinski definition) is 1. The highest BCUT2D eigenvalue weighted by Gasteiger charge is 2.39. The second-order valence-corrected chi connectivity index (χ2v) is 6.50. The summed E-state index contributed by atoms with van der Waals surface area (Å²) in [5, 5.41) is 3.35. The van der Waals surface area contributed by atoms with Crippen molar-refractivity contribution in [3.05, 3.63) is 23.2 Å². The molecule has 2 aliphatic rings. The Morgan fingerprint density at radius 1 is 1.33 bits per heavy atom. The third-order valence-corrected chi connectivity index (χ3v) is 4.82. The van der Waals surface area contributed by atoms with Crippen molar-refractivity contribution in [2.75, 3.05) is 45.3 Å². The van der Waals surface area contributed by atoms with Gasteiger partial charge in [-0.1, -0.05) is 11.6 Å². The zero-order valence-electron chi connectivity index (χ0n) is 13.8. The number of halogens is 1. The van der Waals surface area contributed by atoms with Crippen LogP contribution in [0.2, 0.25) is 5.02 Å². The second-order valence-electron chi connectivity index (χ2n) is 6.10. The van der Waals surface area contributed by atoms with Crippen LogP contribution in [0.15, 0.2) is 18.2 Å². The third-order valence-electron chi connectivity index (χ3n) is 4.52. The van der Waals surface area contributed by atoms with Crippen molar-refractivity contribution in [2.24, 2.45) is 0 Å². The standard InChI is InChI=1S/C17H23ClN2O4/c1-22-15-3-2-13(12-14(15)18)19-16(21)4-7-20-8-5-17(6-9-20)23-10-11-24-17/h2-3,12H,4-11H2,1H3,(H,19,21). The van der Waals surface area contributed by atoms with Crippen molar-refractivity contribution in [3.8, 4) is 5.75 Å². The molecule has 0 bridgehead atoms. The Morgan fingerprint density at radius 2 is 2.04 bits per heavy atom. The molecule has 0 aromatic heterocycles. The summed E-state index contributed by atoms with van der Waals surface area (Å²) >= 11 is 6.06. The summed E-state index contributed by atoms with van der Waals surface area (Å²) in [5.41, 5.74) is 0.677. The van der Waals surface area contributed by atoms with Gasteiger partial charge in [0, 0.05) is 44.6 Å². The molecule has 1 spiro atoms. The number of methoxy groups -OCH3 is 1. The second kappa shape index (κ2) is 7.70. The smallest absolute Gasteiger partial charge is 0.225 e. The van der Waals surface area contributed by atoms with Crippen molar-refractivity contribution < 1.29 is 19.0 Å². The van der Waals surface area contributed by atoms with Gasteiger partial charge < -0.3 is 24.4 Å². The lowest BCUT2D eigenvalue weighted by Crippen LogP contribution is -2.45. The van der Waals surface area contributed by atoms with E-state index in [-0.39, 0.29) is 11.7 Å². The molecule has 7 heteroatoms. The molecule has 24 heavy (non-hydrogen) atoms. The van der Waals surface area contributed by atoms with Crippen LogP contribution in [0.1, 0.15) is 19.3 Å². The third kappa shape index (κ3) is 4.19. The number of amides is 1. The number of carbonyl (C=O) groups is 1. The van der Waals surface area contributed by atoms with Gasteiger partial charge in [0.1, 0.15) is 5.75 Å². The minimum absolute atomic E-state index is 0.0233. The number of nitrogens with one attached hydrogen (secondary N) is 1. The van der Waals surface area contributed by atoms with Crippen molar-refractivity contribution in [2.45, 2.75) is 25.0 Å². The van der Waals surface area contributed by atoms with Gasteiger partial charge in [-0.15, -0.1) is 0 Å². The maximum atomic E-state index is 12.1. The summed E-state index contributed by atoms with van der Waals surface area (Å²) in [4.78, 5) is 14.4. The molecule has 1 N–H and O–H groups in total. The highest BCUT2D eigenvalue weighted by atomic mass is 35.5. The molecule has 0 radical (unpaired) electrons. The van der Waals surface area contributed by atoms with Gasteiger partial charge in [-0.05, 0) is 18.2 Å². The fourth-order valence-corrected chi connectivity index (χ4v) is 3.39. The molecule has 0 atom stereocenters. The van der Waals surface area contributed by atoms with Crippen molar-refractivity contribution in [3.63, 3.8) is 0 Å². The zero-order valence-corrected chi connectivity index (χ0v) is 14.6. The van der Waals surface area contributed by atoms with Crippen molar-refractivity contribution >= 4 is 23.2 Å². The summed E-state index contributed by atoms with van der Waals surface area (Å²) in [7, 11) is 1.56. The van der Waals surface area contributed by atoms with E-state index < -0.39 is 0 Å². The predicted octanol–water partition coefficient (Wildman–Crippen LogP) is 2.52. The minimum atomic E-state index is -0.362. The number of rotatable bonds is 5. The average molecular weight is 355 g/mol. The Balaban J connectivity index is 1.42. The van der Waals surface area contributed by atoms with Crippen LogP contribution < -0.4 is 10.1 Å². The number of likely N-dealkylation sites (tertiary alicyclic amines) is 1. The molecular formula is C17H23ClN2O4. The summed E-state index contributed by atoms with van der Waals surface area (Å²) in [6, 6.07) is 5.21. The van der Waals surface area contributed by atoms with Crippen LogP contribution in [0.3, 0.4) is 0 Å². The average Bonchev–Trinajstić information content (AvgIpc) is 3.03. The summed E-state index contributed by atoms with van der Waals surface area (Å²) in [5.74, 6) is 0.205. The van der Waals surface area contributed by atoms with E-state index in [0.29, 0.717) is 36.1 Å². The first-order valence-corrected chi connectivity index (χ1v) is 8.62. The van der Waals surface area contributed by atoms with Crippen LogP contribution in [0, 0.1) is 0 Å². The Morgan fingerprint density at radius 3 is 2.67 bits per heavy atom. The Labute approximate surface area is 147 Å². The van der Waals surface area contributed by atoms with Gasteiger partial charge in [-0.25, -0.2) is 0 Å². The molecule has 132 valence electrons. The molecule has 2 saturated heterocycles. The topological polar surface area (TPSA) is 60.0 Å². The molecule has 2 fully saturated rings. The van der Waals surface area contributed by atoms with E-state index in [0.717, 1.165) is 32.5 Å². The van der Waals surface area contributed by atoms with Gasteiger partial charge >= 0.3 is 0 Å². The first-order valence-electron chi connectivity index (χ1n) is 8.24. The number of hydrogen-bond acceptors (Lipinski definition) is 5. The lowest BCUT2D eigenvalue weighted by atomic mass is 10.0. The number of ether oxygens (including phenoxy) is 3. The molecule has 1 aromatic carbocycles. The molecule has 0 aliphatic carbocycles. The molecule has 3 rings (SSSR count). The van der Waals surface area contributed by atoms with Crippen LogP contribution in [-0.2, 0) is 14.3 Å². The largest absolute Gasteiger partial charge is 0.495 e. The fraction of sp³-hybridized carbons (Fsp3) is 0.588. The van der Waals surface area contributed by atoms with E-state index in [2.05, 4.69) is 10.2 Å². The SMILES string of the molecule is COc1ccc(NC(=O)CCN2CCC3(CC2)OCCO3)cc1Cl. The van der Waals surface area contributed by atoms with Crippen molar-refractivity contribution in [1.29, 1.82) is 0 Å². The van der Waals surface area contributed by atoms with E-state index >= 15 is 0 Å². The van der Waals surface area contributed by atoms with Crippen LogP contribution in [0.25, 0.3) is 0 Å². The van der Waals surface area contributed by atoms with Crippen LogP contribution in [0.4, 0.5) is 5.69 Å². The van der Waals surface area contributed by atoms with Crippen LogP contribution in [0.5, 0.6) is 5.75 Å². The van der Waals surface area contributed by atoms with Gasteiger partial charge in [0.25, 0.3) is 0 Å². The van der Waals surface area contributed by atoms with E-state index in [1.165, 1.54) is 0 Å². The van der Waals surface area contributed by atoms with Gasteiger partial charge in [0.05, 0.1) is 25.3 Å². The monoisotopic (exact) mass is 354 g/mol. The molecule has 2 heterocycles.